The minimum Gasteiger partial charge on any atom is -0.494 e. The van der Waals surface area contributed by atoms with Gasteiger partial charge in [0.25, 0.3) is 5.91 Å². The van der Waals surface area contributed by atoms with Crippen LogP contribution in [0.2, 0.25) is 0 Å². The Balaban J connectivity index is 1.80. The van der Waals surface area contributed by atoms with E-state index in [1.807, 2.05) is 0 Å². The lowest BCUT2D eigenvalue weighted by atomic mass is 9.76. The Morgan fingerprint density at radius 3 is 2.75 bits per heavy atom. The summed E-state index contributed by atoms with van der Waals surface area (Å²) in [5.74, 6) is -2.45. The summed E-state index contributed by atoms with van der Waals surface area (Å²) in [6.45, 7) is 0.914. The van der Waals surface area contributed by atoms with Gasteiger partial charge in [-0.05, 0) is 37.3 Å². The number of hydrogen-bond acceptors (Lipinski definition) is 3. The van der Waals surface area contributed by atoms with Gasteiger partial charge in [0, 0.05) is 18.5 Å². The molecule has 1 atom stereocenters. The highest BCUT2D eigenvalue weighted by Gasteiger charge is 2.41. The molecule has 4 nitrogen and oxygen atoms in total. The van der Waals surface area contributed by atoms with Crippen LogP contribution in [0.5, 0.6) is 5.75 Å². The molecule has 1 aromatic rings. The van der Waals surface area contributed by atoms with Gasteiger partial charge < -0.3 is 14.7 Å². The first kappa shape index (κ1) is 17.1. The van der Waals surface area contributed by atoms with E-state index in [0.29, 0.717) is 19.0 Å². The van der Waals surface area contributed by atoms with Crippen LogP contribution in [0.15, 0.2) is 12.1 Å². The number of carbonyl (C=O) groups excluding carboxylic acids is 1. The largest absolute Gasteiger partial charge is 0.494 e. The SMILES string of the molecule is COc1ccc(C(=O)N2CCC[C@](CO)(CC3CC3)C2)c(F)c1F. The van der Waals surface area contributed by atoms with Crippen molar-refractivity contribution in [2.45, 2.75) is 32.1 Å². The molecule has 3 rings (SSSR count). The zero-order valence-electron chi connectivity index (χ0n) is 13.9. The summed E-state index contributed by atoms with van der Waals surface area (Å²) in [5.41, 5.74) is -0.593. The first-order valence-corrected chi connectivity index (χ1v) is 8.42. The van der Waals surface area contributed by atoms with Gasteiger partial charge in [-0.2, -0.15) is 4.39 Å². The van der Waals surface area contributed by atoms with Crippen LogP contribution in [0.3, 0.4) is 0 Å². The highest BCUT2D eigenvalue weighted by Crippen LogP contribution is 2.44. The number of rotatable bonds is 5. The highest BCUT2D eigenvalue weighted by atomic mass is 19.2. The van der Waals surface area contributed by atoms with Crippen molar-refractivity contribution in [1.29, 1.82) is 0 Å². The maximum atomic E-state index is 14.2. The third-order valence-electron chi connectivity index (χ3n) is 5.20. The fourth-order valence-corrected chi connectivity index (χ4v) is 3.70. The summed E-state index contributed by atoms with van der Waals surface area (Å²) < 4.78 is 32.8. The molecule has 1 aliphatic heterocycles. The van der Waals surface area contributed by atoms with Crippen LogP contribution in [0.25, 0.3) is 0 Å². The number of methoxy groups -OCH3 is 1. The second kappa shape index (κ2) is 6.67. The Labute approximate surface area is 140 Å². The first-order valence-electron chi connectivity index (χ1n) is 8.42. The number of halogens is 2. The molecule has 0 bridgehead atoms. The Hall–Kier alpha value is -1.69. The van der Waals surface area contributed by atoms with Crippen LogP contribution in [0.4, 0.5) is 8.78 Å². The van der Waals surface area contributed by atoms with E-state index in [2.05, 4.69) is 0 Å². The van der Waals surface area contributed by atoms with Gasteiger partial charge in [0.1, 0.15) is 0 Å². The second-order valence-electron chi connectivity index (χ2n) is 7.08. The molecule has 1 aromatic carbocycles. The van der Waals surface area contributed by atoms with Crippen LogP contribution < -0.4 is 4.74 Å². The predicted octanol–water partition coefficient (Wildman–Crippen LogP) is 2.99. The van der Waals surface area contributed by atoms with E-state index in [0.717, 1.165) is 19.3 Å². The van der Waals surface area contributed by atoms with E-state index in [1.54, 1.807) is 4.90 Å². The van der Waals surface area contributed by atoms with Crippen LogP contribution in [0, 0.1) is 23.0 Å². The van der Waals surface area contributed by atoms with Gasteiger partial charge in [-0.15, -0.1) is 0 Å². The van der Waals surface area contributed by atoms with E-state index in [9.17, 15) is 18.7 Å². The Morgan fingerprint density at radius 2 is 2.12 bits per heavy atom. The molecule has 6 heteroatoms. The van der Waals surface area contributed by atoms with Gasteiger partial charge in [-0.25, -0.2) is 4.39 Å². The first-order chi connectivity index (χ1) is 11.5. The molecule has 1 saturated heterocycles. The average molecular weight is 339 g/mol. The molecule has 1 N–H and O–H groups in total. The van der Waals surface area contributed by atoms with E-state index in [4.69, 9.17) is 4.74 Å². The monoisotopic (exact) mass is 339 g/mol. The predicted molar refractivity (Wildman–Crippen MR) is 84.9 cm³/mol. The van der Waals surface area contributed by atoms with Gasteiger partial charge >= 0.3 is 0 Å². The van der Waals surface area contributed by atoms with Gasteiger partial charge in [0.15, 0.2) is 11.6 Å². The highest BCUT2D eigenvalue weighted by molar-refractivity contribution is 5.94. The van der Waals surface area contributed by atoms with Crippen molar-refractivity contribution in [2.24, 2.45) is 11.3 Å². The third-order valence-corrected chi connectivity index (χ3v) is 5.20. The normalized spacial score (nSPS) is 24.1. The lowest BCUT2D eigenvalue weighted by molar-refractivity contribution is 0.0193. The Kier molecular flexibility index (Phi) is 4.76. The quantitative estimate of drug-likeness (QED) is 0.897. The zero-order valence-corrected chi connectivity index (χ0v) is 13.9. The number of hydrogen-bond donors (Lipinski definition) is 1. The van der Waals surface area contributed by atoms with Gasteiger partial charge in [0.2, 0.25) is 5.82 Å². The topological polar surface area (TPSA) is 49.8 Å². The van der Waals surface area contributed by atoms with Crippen molar-refractivity contribution in [3.63, 3.8) is 0 Å². The maximum absolute atomic E-state index is 14.2. The number of nitrogens with zero attached hydrogens (tertiary/aromatic N) is 1. The van der Waals surface area contributed by atoms with E-state index in [1.165, 1.54) is 32.1 Å². The summed E-state index contributed by atoms with van der Waals surface area (Å²) >= 11 is 0. The smallest absolute Gasteiger partial charge is 0.256 e. The lowest BCUT2D eigenvalue weighted by Gasteiger charge is -2.42. The fourth-order valence-electron chi connectivity index (χ4n) is 3.70. The second-order valence-corrected chi connectivity index (χ2v) is 7.08. The maximum Gasteiger partial charge on any atom is 0.256 e. The molecule has 132 valence electrons. The van der Waals surface area contributed by atoms with Gasteiger partial charge in [-0.3, -0.25) is 4.79 Å². The molecule has 1 amide bonds. The van der Waals surface area contributed by atoms with Gasteiger partial charge in [-0.1, -0.05) is 12.8 Å². The van der Waals surface area contributed by atoms with Crippen molar-refractivity contribution < 1.29 is 23.4 Å². The van der Waals surface area contributed by atoms with Crippen molar-refractivity contribution in [1.82, 2.24) is 4.90 Å². The van der Waals surface area contributed by atoms with E-state index in [-0.39, 0.29) is 23.3 Å². The minimum absolute atomic E-state index is 0.0206. The summed E-state index contributed by atoms with van der Waals surface area (Å²) in [5, 5.41) is 9.87. The standard InChI is InChI=1S/C18H23F2NO3/c1-24-14-6-5-13(15(19)16(14)20)17(23)21-8-2-7-18(10-21,11-22)9-12-3-4-12/h5-6,12,22H,2-4,7-11H2,1H3/t18-/m0/s1. The average Bonchev–Trinajstić information content (AvgIpc) is 3.40. The molecule has 0 spiro atoms. The number of piperidine rings is 1. The molecule has 0 radical (unpaired) electrons. The van der Waals surface area contributed by atoms with Crippen LogP contribution in [-0.2, 0) is 0 Å². The molecule has 2 aliphatic rings. The Morgan fingerprint density at radius 1 is 1.38 bits per heavy atom. The van der Waals surface area contributed by atoms with E-state index < -0.39 is 17.5 Å². The number of carbonyl (C=O) groups is 1. The third kappa shape index (κ3) is 3.24. The number of aliphatic hydroxyl groups excluding tert-OH is 1. The fraction of sp³-hybridized carbons (Fsp3) is 0.611. The molecule has 0 unspecified atom stereocenters. The molecule has 1 saturated carbocycles. The van der Waals surface area contributed by atoms with Crippen molar-refractivity contribution in [2.75, 3.05) is 26.8 Å². The number of amides is 1. The van der Waals surface area contributed by atoms with Crippen LogP contribution in [0.1, 0.15) is 42.5 Å². The lowest BCUT2D eigenvalue weighted by Crippen LogP contribution is -2.48. The molecule has 1 aliphatic carbocycles. The summed E-state index contributed by atoms with van der Waals surface area (Å²) in [7, 11) is 1.25. The molecule has 1 heterocycles. The minimum atomic E-state index is -1.18. The number of benzene rings is 1. The van der Waals surface area contributed by atoms with Crippen molar-refractivity contribution in [3.05, 3.63) is 29.3 Å². The number of likely N-dealkylation sites (tertiary alicyclic amines) is 1. The summed E-state index contributed by atoms with van der Waals surface area (Å²) in [6.07, 6.45) is 4.87. The molecular weight excluding hydrogens is 316 g/mol. The molecule has 2 fully saturated rings. The van der Waals surface area contributed by atoms with Crippen LogP contribution >= 0.6 is 0 Å². The molecular formula is C18H23F2NO3. The van der Waals surface area contributed by atoms with Crippen LogP contribution in [-0.4, -0.2) is 42.7 Å². The summed E-state index contributed by atoms with van der Waals surface area (Å²) in [6, 6.07) is 2.52. The number of ether oxygens (including phenoxy) is 1. The van der Waals surface area contributed by atoms with Gasteiger partial charge in [0.05, 0.1) is 19.3 Å². The molecule has 0 aromatic heterocycles. The van der Waals surface area contributed by atoms with Crippen molar-refractivity contribution >= 4 is 5.91 Å². The van der Waals surface area contributed by atoms with Crippen molar-refractivity contribution in [3.8, 4) is 5.75 Å². The Bertz CT molecular complexity index is 633. The van der Waals surface area contributed by atoms with E-state index >= 15 is 0 Å². The summed E-state index contributed by atoms with van der Waals surface area (Å²) in [4.78, 5) is 14.2. The molecule has 24 heavy (non-hydrogen) atoms. The zero-order chi connectivity index (χ0) is 17.3. The number of aliphatic hydroxyl groups is 1.